The number of H-pyrrole nitrogens is 1. The Balaban J connectivity index is 1.15. The highest BCUT2D eigenvalue weighted by Crippen LogP contribution is 2.39. The molecule has 5 rings (SSSR count). The number of benzene rings is 2. The first-order valence-electron chi connectivity index (χ1n) is 11.4. The van der Waals surface area contributed by atoms with Crippen molar-refractivity contribution in [2.24, 2.45) is 5.92 Å². The number of para-hydroxylation sites is 1. The minimum atomic E-state index is -0.256. The van der Waals surface area contributed by atoms with E-state index in [2.05, 4.69) is 10.2 Å². The van der Waals surface area contributed by atoms with Gasteiger partial charge in [-0.05, 0) is 68.4 Å². The molecule has 3 heterocycles. The second-order valence-corrected chi connectivity index (χ2v) is 8.89. The topological polar surface area (TPSA) is 67.5 Å². The molecule has 2 aromatic carbocycles. The van der Waals surface area contributed by atoms with E-state index in [1.165, 1.54) is 12.1 Å². The maximum atomic E-state index is 13.1. The van der Waals surface area contributed by atoms with Crippen LogP contribution in [0.2, 0.25) is 0 Å². The SMILES string of the molecule is O=C(c1n[nH]c2ccccc12)N1CCC2(CC1)CC(CCOc1ccc(F)cc1)CCO2. The van der Waals surface area contributed by atoms with E-state index in [9.17, 15) is 9.18 Å². The third-order valence-electron chi connectivity index (χ3n) is 6.84. The first-order chi connectivity index (χ1) is 15.6. The van der Waals surface area contributed by atoms with Crippen LogP contribution in [0.4, 0.5) is 4.39 Å². The van der Waals surface area contributed by atoms with Crippen LogP contribution in [-0.4, -0.2) is 52.9 Å². The van der Waals surface area contributed by atoms with Crippen LogP contribution in [0, 0.1) is 11.7 Å². The number of rotatable bonds is 5. The molecule has 7 heteroatoms. The van der Waals surface area contributed by atoms with Crippen molar-refractivity contribution in [2.75, 3.05) is 26.3 Å². The van der Waals surface area contributed by atoms with E-state index in [4.69, 9.17) is 9.47 Å². The highest BCUT2D eigenvalue weighted by molar-refractivity contribution is 6.04. The average molecular weight is 438 g/mol. The highest BCUT2D eigenvalue weighted by atomic mass is 19.1. The molecule has 168 valence electrons. The van der Waals surface area contributed by atoms with Crippen molar-refractivity contribution in [2.45, 2.75) is 37.7 Å². The van der Waals surface area contributed by atoms with Crippen molar-refractivity contribution in [1.82, 2.24) is 15.1 Å². The standard InChI is InChI=1S/C25H28FN3O3/c26-19-5-7-20(8-6-19)31-15-9-18-10-16-32-25(17-18)11-13-29(14-12-25)24(30)23-21-3-1-2-4-22(21)27-28-23/h1-8,18H,9-17H2,(H,27,28). The maximum absolute atomic E-state index is 13.1. The molecule has 3 aromatic rings. The Morgan fingerprint density at radius 1 is 1.19 bits per heavy atom. The summed E-state index contributed by atoms with van der Waals surface area (Å²) in [5.41, 5.74) is 1.23. The van der Waals surface area contributed by atoms with Crippen LogP contribution in [0.25, 0.3) is 10.9 Å². The van der Waals surface area contributed by atoms with Crippen molar-refractivity contribution < 1.29 is 18.7 Å². The number of aromatic amines is 1. The van der Waals surface area contributed by atoms with Gasteiger partial charge in [0.15, 0.2) is 5.69 Å². The van der Waals surface area contributed by atoms with Crippen molar-refractivity contribution in [3.8, 4) is 5.75 Å². The molecular weight excluding hydrogens is 409 g/mol. The van der Waals surface area contributed by atoms with Gasteiger partial charge in [0.2, 0.25) is 0 Å². The molecule has 1 aromatic heterocycles. The number of amides is 1. The molecule has 0 bridgehead atoms. The summed E-state index contributed by atoms with van der Waals surface area (Å²) in [4.78, 5) is 15.0. The van der Waals surface area contributed by atoms with Crippen LogP contribution in [0.1, 0.15) is 42.6 Å². The highest BCUT2D eigenvalue weighted by Gasteiger charge is 2.41. The molecule has 1 N–H and O–H groups in total. The number of aromatic nitrogens is 2. The lowest BCUT2D eigenvalue weighted by atomic mass is 9.78. The van der Waals surface area contributed by atoms with E-state index < -0.39 is 0 Å². The van der Waals surface area contributed by atoms with Crippen LogP contribution in [0.3, 0.4) is 0 Å². The molecule has 1 amide bonds. The predicted octanol–water partition coefficient (Wildman–Crippen LogP) is 4.57. The Morgan fingerprint density at radius 2 is 1.97 bits per heavy atom. The van der Waals surface area contributed by atoms with E-state index in [-0.39, 0.29) is 17.3 Å². The van der Waals surface area contributed by atoms with E-state index in [1.54, 1.807) is 12.1 Å². The lowest BCUT2D eigenvalue weighted by Gasteiger charge is -2.46. The summed E-state index contributed by atoms with van der Waals surface area (Å²) in [6.07, 6.45) is 4.65. The van der Waals surface area contributed by atoms with Crippen LogP contribution in [0.15, 0.2) is 48.5 Å². The summed E-state index contributed by atoms with van der Waals surface area (Å²) >= 11 is 0. The molecule has 32 heavy (non-hydrogen) atoms. The molecule has 0 aliphatic carbocycles. The molecule has 2 fully saturated rings. The second-order valence-electron chi connectivity index (χ2n) is 8.89. The van der Waals surface area contributed by atoms with E-state index >= 15 is 0 Å². The van der Waals surface area contributed by atoms with Crippen LogP contribution >= 0.6 is 0 Å². The molecule has 1 atom stereocenters. The number of likely N-dealkylation sites (tertiary alicyclic amines) is 1. The lowest BCUT2D eigenvalue weighted by molar-refractivity contribution is -0.125. The summed E-state index contributed by atoms with van der Waals surface area (Å²) in [6, 6.07) is 13.9. The third-order valence-corrected chi connectivity index (χ3v) is 6.84. The van der Waals surface area contributed by atoms with Crippen molar-refractivity contribution >= 4 is 16.8 Å². The van der Waals surface area contributed by atoms with Crippen molar-refractivity contribution in [3.05, 3.63) is 60.0 Å². The Morgan fingerprint density at radius 3 is 2.78 bits per heavy atom. The number of hydrogen-bond acceptors (Lipinski definition) is 4. The number of piperidine rings is 1. The third kappa shape index (κ3) is 4.35. The molecule has 6 nitrogen and oxygen atoms in total. The Bertz CT molecular complexity index is 1070. The Labute approximate surface area is 186 Å². The predicted molar refractivity (Wildman–Crippen MR) is 119 cm³/mol. The van der Waals surface area contributed by atoms with Gasteiger partial charge in [-0.15, -0.1) is 0 Å². The first-order valence-corrected chi connectivity index (χ1v) is 11.4. The lowest BCUT2D eigenvalue weighted by Crippen LogP contribution is -2.51. The zero-order valence-electron chi connectivity index (χ0n) is 18.1. The largest absolute Gasteiger partial charge is 0.494 e. The number of hydrogen-bond donors (Lipinski definition) is 1. The summed E-state index contributed by atoms with van der Waals surface area (Å²) < 4.78 is 25.1. The zero-order valence-corrected chi connectivity index (χ0v) is 18.1. The summed E-state index contributed by atoms with van der Waals surface area (Å²) in [7, 11) is 0. The van der Waals surface area contributed by atoms with Gasteiger partial charge in [0.1, 0.15) is 11.6 Å². The number of nitrogens with zero attached hydrogens (tertiary/aromatic N) is 2. The number of nitrogens with one attached hydrogen (secondary N) is 1. The Hall–Kier alpha value is -2.93. The molecule has 0 radical (unpaired) electrons. The molecule has 1 unspecified atom stereocenters. The number of halogens is 1. The van der Waals surface area contributed by atoms with Gasteiger partial charge in [-0.2, -0.15) is 5.10 Å². The van der Waals surface area contributed by atoms with Gasteiger partial charge >= 0.3 is 0 Å². The van der Waals surface area contributed by atoms with Crippen LogP contribution in [-0.2, 0) is 4.74 Å². The van der Waals surface area contributed by atoms with Gasteiger partial charge in [0, 0.05) is 25.1 Å². The summed E-state index contributed by atoms with van der Waals surface area (Å²) in [5, 5.41) is 8.09. The van der Waals surface area contributed by atoms with Gasteiger partial charge < -0.3 is 14.4 Å². The van der Waals surface area contributed by atoms with Crippen molar-refractivity contribution in [1.29, 1.82) is 0 Å². The minimum Gasteiger partial charge on any atom is -0.494 e. The van der Waals surface area contributed by atoms with Gasteiger partial charge in [0.05, 0.1) is 17.7 Å². The van der Waals surface area contributed by atoms with Crippen molar-refractivity contribution in [3.63, 3.8) is 0 Å². The molecular formula is C25H28FN3O3. The molecule has 2 aliphatic rings. The number of fused-ring (bicyclic) bond motifs is 1. The molecule has 2 aliphatic heterocycles. The Kier molecular flexibility index (Phi) is 5.83. The van der Waals surface area contributed by atoms with Gasteiger partial charge in [0.25, 0.3) is 5.91 Å². The summed E-state index contributed by atoms with van der Waals surface area (Å²) in [6.45, 7) is 2.72. The fourth-order valence-electron chi connectivity index (χ4n) is 4.99. The summed E-state index contributed by atoms with van der Waals surface area (Å²) in [5.74, 6) is 0.957. The van der Waals surface area contributed by atoms with Gasteiger partial charge in [-0.25, -0.2) is 4.39 Å². The van der Waals surface area contributed by atoms with Gasteiger partial charge in [-0.3, -0.25) is 9.89 Å². The van der Waals surface area contributed by atoms with Gasteiger partial charge in [-0.1, -0.05) is 18.2 Å². The van der Waals surface area contributed by atoms with E-state index in [0.717, 1.165) is 49.6 Å². The molecule has 1 spiro atoms. The fourth-order valence-corrected chi connectivity index (χ4v) is 4.99. The van der Waals surface area contributed by atoms with Crippen LogP contribution < -0.4 is 4.74 Å². The number of ether oxygens (including phenoxy) is 2. The zero-order chi connectivity index (χ0) is 22.0. The number of carbonyl (C=O) groups is 1. The molecule has 2 saturated heterocycles. The fraction of sp³-hybridized carbons (Fsp3) is 0.440. The minimum absolute atomic E-state index is 0.0163. The van der Waals surface area contributed by atoms with E-state index in [1.807, 2.05) is 29.2 Å². The first kappa shape index (κ1) is 20.9. The monoisotopic (exact) mass is 437 g/mol. The van der Waals surface area contributed by atoms with Crippen LogP contribution in [0.5, 0.6) is 5.75 Å². The normalized spacial score (nSPS) is 20.5. The molecule has 0 saturated carbocycles. The average Bonchev–Trinajstić information content (AvgIpc) is 3.25. The quantitative estimate of drug-likeness (QED) is 0.635. The smallest absolute Gasteiger partial charge is 0.274 e. The maximum Gasteiger partial charge on any atom is 0.274 e. The van der Waals surface area contributed by atoms with E-state index in [0.29, 0.717) is 37.1 Å². The number of carbonyl (C=O) groups excluding carboxylic acids is 1. The second kappa shape index (κ2) is 8.90.